The number of carbonyl (C=O) groups is 1. The number of hydrogen-bond donors (Lipinski definition) is 0. The van der Waals surface area contributed by atoms with E-state index >= 15 is 0 Å². The molecule has 1 amide bonds. The van der Waals surface area contributed by atoms with Gasteiger partial charge in [0.05, 0.1) is 12.1 Å². The lowest BCUT2D eigenvalue weighted by Crippen LogP contribution is -2.36. The number of rotatable bonds is 4. The normalized spacial score (nSPS) is 14.1. The first-order chi connectivity index (χ1) is 13.2. The molecule has 0 radical (unpaired) electrons. The lowest BCUT2D eigenvalue weighted by molar-refractivity contribution is -0.130. The Balaban J connectivity index is 1.47. The molecular weight excluding hydrogens is 338 g/mol. The first-order valence-corrected chi connectivity index (χ1v) is 9.09. The van der Waals surface area contributed by atoms with Gasteiger partial charge in [0.2, 0.25) is 11.8 Å². The summed E-state index contributed by atoms with van der Waals surface area (Å²) in [5, 5.41) is 0. The molecule has 0 atom stereocenters. The van der Waals surface area contributed by atoms with Crippen molar-refractivity contribution < 1.29 is 9.21 Å². The van der Waals surface area contributed by atoms with Crippen LogP contribution in [0.2, 0.25) is 0 Å². The molecule has 1 aromatic carbocycles. The maximum atomic E-state index is 12.8. The third-order valence-electron chi connectivity index (χ3n) is 4.79. The van der Waals surface area contributed by atoms with E-state index in [1.165, 1.54) is 5.57 Å². The summed E-state index contributed by atoms with van der Waals surface area (Å²) in [7, 11) is 0. The van der Waals surface area contributed by atoms with Crippen LogP contribution in [0.3, 0.4) is 0 Å². The quantitative estimate of drug-likeness (QED) is 0.709. The fraction of sp³-hybridized carbons (Fsp3) is 0.227. The number of aryl methyl sites for hydroxylation is 1. The highest BCUT2D eigenvalue weighted by atomic mass is 16.4. The molecular formula is C22H21N3O2. The van der Waals surface area contributed by atoms with Crippen molar-refractivity contribution in [1.82, 2.24) is 14.9 Å². The average molecular weight is 359 g/mol. The van der Waals surface area contributed by atoms with E-state index in [1.54, 1.807) is 12.4 Å². The Bertz CT molecular complexity index is 962. The maximum absolute atomic E-state index is 12.8. The summed E-state index contributed by atoms with van der Waals surface area (Å²) in [6.45, 7) is 3.21. The van der Waals surface area contributed by atoms with Gasteiger partial charge in [-0.15, -0.1) is 0 Å². The van der Waals surface area contributed by atoms with Crippen molar-refractivity contribution in [2.24, 2.45) is 0 Å². The van der Waals surface area contributed by atoms with E-state index < -0.39 is 0 Å². The van der Waals surface area contributed by atoms with Gasteiger partial charge in [-0.05, 0) is 48.7 Å². The SMILES string of the molecule is Cc1oc(-c2ccccc2)nc1CC(=O)N1CCC=C(c2ccncc2)C1. The number of oxazole rings is 1. The summed E-state index contributed by atoms with van der Waals surface area (Å²) in [6.07, 6.45) is 6.87. The number of aromatic nitrogens is 2. The summed E-state index contributed by atoms with van der Waals surface area (Å²) in [5.41, 5.74) is 3.91. The molecule has 3 heterocycles. The molecule has 1 aliphatic rings. The van der Waals surface area contributed by atoms with Crippen molar-refractivity contribution >= 4 is 11.5 Å². The molecule has 0 bridgehead atoms. The second-order valence-corrected chi connectivity index (χ2v) is 6.63. The largest absolute Gasteiger partial charge is 0.441 e. The van der Waals surface area contributed by atoms with Gasteiger partial charge in [0.1, 0.15) is 5.76 Å². The molecule has 0 N–H and O–H groups in total. The third-order valence-corrected chi connectivity index (χ3v) is 4.79. The van der Waals surface area contributed by atoms with Crippen molar-refractivity contribution in [2.45, 2.75) is 19.8 Å². The number of benzene rings is 1. The Labute approximate surface area is 158 Å². The predicted octanol–water partition coefficient (Wildman–Crippen LogP) is 3.90. The minimum atomic E-state index is 0.0747. The lowest BCUT2D eigenvalue weighted by atomic mass is 10.0. The molecule has 3 aromatic rings. The van der Waals surface area contributed by atoms with Gasteiger partial charge in [0.15, 0.2) is 0 Å². The molecule has 0 saturated heterocycles. The summed E-state index contributed by atoms with van der Waals surface area (Å²) >= 11 is 0. The Kier molecular flexibility index (Phi) is 4.83. The minimum Gasteiger partial charge on any atom is -0.441 e. The molecule has 0 unspecified atom stereocenters. The predicted molar refractivity (Wildman–Crippen MR) is 104 cm³/mol. The van der Waals surface area contributed by atoms with Crippen LogP contribution in [0, 0.1) is 6.92 Å². The zero-order valence-corrected chi connectivity index (χ0v) is 15.3. The topological polar surface area (TPSA) is 59.2 Å². The Morgan fingerprint density at radius 3 is 2.67 bits per heavy atom. The molecule has 0 spiro atoms. The van der Waals surface area contributed by atoms with Gasteiger partial charge in [-0.3, -0.25) is 9.78 Å². The Morgan fingerprint density at radius 2 is 1.89 bits per heavy atom. The monoisotopic (exact) mass is 359 g/mol. The van der Waals surface area contributed by atoms with Crippen LogP contribution in [0.15, 0.2) is 65.4 Å². The van der Waals surface area contributed by atoms with Gasteiger partial charge < -0.3 is 9.32 Å². The molecule has 5 nitrogen and oxygen atoms in total. The maximum Gasteiger partial charge on any atom is 0.229 e. The van der Waals surface area contributed by atoms with Gasteiger partial charge in [0, 0.05) is 31.0 Å². The summed E-state index contributed by atoms with van der Waals surface area (Å²) in [6, 6.07) is 13.7. The number of pyridine rings is 1. The smallest absolute Gasteiger partial charge is 0.229 e. The summed E-state index contributed by atoms with van der Waals surface area (Å²) < 4.78 is 5.78. The molecule has 0 saturated carbocycles. The molecule has 0 aliphatic carbocycles. The van der Waals surface area contributed by atoms with Crippen LogP contribution in [-0.2, 0) is 11.2 Å². The zero-order chi connectivity index (χ0) is 18.6. The van der Waals surface area contributed by atoms with Crippen LogP contribution >= 0.6 is 0 Å². The number of carbonyl (C=O) groups excluding carboxylic acids is 1. The van der Waals surface area contributed by atoms with Crippen LogP contribution < -0.4 is 0 Å². The first-order valence-electron chi connectivity index (χ1n) is 9.09. The van der Waals surface area contributed by atoms with Crippen LogP contribution in [0.5, 0.6) is 0 Å². The van der Waals surface area contributed by atoms with E-state index in [0.29, 0.717) is 23.9 Å². The highest BCUT2D eigenvalue weighted by Gasteiger charge is 2.22. The van der Waals surface area contributed by atoms with E-state index in [1.807, 2.05) is 54.3 Å². The molecule has 2 aromatic heterocycles. The van der Waals surface area contributed by atoms with E-state index in [4.69, 9.17) is 4.42 Å². The van der Waals surface area contributed by atoms with Crippen molar-refractivity contribution in [1.29, 1.82) is 0 Å². The Morgan fingerprint density at radius 1 is 1.11 bits per heavy atom. The second-order valence-electron chi connectivity index (χ2n) is 6.63. The molecule has 0 fully saturated rings. The highest BCUT2D eigenvalue weighted by Crippen LogP contribution is 2.24. The van der Waals surface area contributed by atoms with E-state index in [2.05, 4.69) is 16.0 Å². The van der Waals surface area contributed by atoms with Gasteiger partial charge in [0.25, 0.3) is 0 Å². The number of nitrogens with zero attached hydrogens (tertiary/aromatic N) is 3. The van der Waals surface area contributed by atoms with Gasteiger partial charge in [-0.1, -0.05) is 24.3 Å². The zero-order valence-electron chi connectivity index (χ0n) is 15.3. The van der Waals surface area contributed by atoms with Crippen LogP contribution in [0.1, 0.15) is 23.4 Å². The van der Waals surface area contributed by atoms with Crippen molar-refractivity contribution in [2.75, 3.05) is 13.1 Å². The summed E-state index contributed by atoms with van der Waals surface area (Å²) in [5.74, 6) is 1.33. The van der Waals surface area contributed by atoms with Crippen LogP contribution in [-0.4, -0.2) is 33.9 Å². The van der Waals surface area contributed by atoms with E-state index in [0.717, 1.165) is 24.1 Å². The molecule has 4 rings (SSSR count). The fourth-order valence-electron chi connectivity index (χ4n) is 3.28. The van der Waals surface area contributed by atoms with Crippen LogP contribution in [0.25, 0.3) is 17.0 Å². The highest BCUT2D eigenvalue weighted by molar-refractivity contribution is 5.82. The van der Waals surface area contributed by atoms with Crippen molar-refractivity contribution in [3.05, 3.63) is 78.0 Å². The summed E-state index contributed by atoms with van der Waals surface area (Å²) in [4.78, 5) is 23.4. The molecule has 1 aliphatic heterocycles. The third kappa shape index (κ3) is 3.82. The number of hydrogen-bond acceptors (Lipinski definition) is 4. The van der Waals surface area contributed by atoms with Gasteiger partial charge in [-0.2, -0.15) is 0 Å². The number of amides is 1. The fourth-order valence-corrected chi connectivity index (χ4v) is 3.28. The standard InChI is InChI=1S/C22H21N3O2/c1-16-20(24-22(27-16)18-6-3-2-4-7-18)14-21(26)25-13-5-8-19(15-25)17-9-11-23-12-10-17/h2-4,6-12H,5,13-15H2,1H3. The van der Waals surface area contributed by atoms with E-state index in [-0.39, 0.29) is 12.3 Å². The average Bonchev–Trinajstić information content (AvgIpc) is 3.10. The second kappa shape index (κ2) is 7.58. The van der Waals surface area contributed by atoms with Crippen LogP contribution in [0.4, 0.5) is 0 Å². The van der Waals surface area contributed by atoms with Gasteiger partial charge >= 0.3 is 0 Å². The molecule has 27 heavy (non-hydrogen) atoms. The van der Waals surface area contributed by atoms with E-state index in [9.17, 15) is 4.79 Å². The first kappa shape index (κ1) is 17.2. The lowest BCUT2D eigenvalue weighted by Gasteiger charge is -2.27. The van der Waals surface area contributed by atoms with Crippen molar-refractivity contribution in [3.63, 3.8) is 0 Å². The van der Waals surface area contributed by atoms with Crippen molar-refractivity contribution in [3.8, 4) is 11.5 Å². The molecule has 5 heteroatoms. The van der Waals surface area contributed by atoms with Gasteiger partial charge in [-0.25, -0.2) is 4.98 Å². The Hall–Kier alpha value is -3.21. The molecule has 136 valence electrons. The minimum absolute atomic E-state index is 0.0747.